The zero-order valence-electron chi connectivity index (χ0n) is 35.9. The molecule has 5 aromatic rings. The molecule has 7 rings (SSSR count). The number of oxazole rings is 1. The van der Waals surface area contributed by atoms with Crippen LogP contribution in [0.2, 0.25) is 0 Å². The average molecular weight is 997 g/mol. The van der Waals surface area contributed by atoms with E-state index in [0.717, 1.165) is 16.7 Å². The number of rotatable bonds is 15. The van der Waals surface area contributed by atoms with Crippen LogP contribution < -0.4 is 20.1 Å². The van der Waals surface area contributed by atoms with E-state index in [1.165, 1.54) is 61.2 Å². The van der Waals surface area contributed by atoms with Gasteiger partial charge in [-0.05, 0) is 125 Å². The van der Waals surface area contributed by atoms with E-state index in [1.807, 2.05) is 13.8 Å². The van der Waals surface area contributed by atoms with Crippen molar-refractivity contribution in [1.82, 2.24) is 25.1 Å². The number of aromatic nitrogens is 1. The minimum absolute atomic E-state index is 0.0587. The van der Waals surface area contributed by atoms with Gasteiger partial charge in [-0.2, -0.15) is 0 Å². The Morgan fingerprint density at radius 2 is 1.03 bits per heavy atom. The van der Waals surface area contributed by atoms with Gasteiger partial charge in [-0.25, -0.2) is 40.0 Å². The van der Waals surface area contributed by atoms with Crippen LogP contribution in [-0.2, 0) is 29.6 Å². The second-order valence-electron chi connectivity index (χ2n) is 16.4. The van der Waals surface area contributed by atoms with E-state index in [-0.39, 0.29) is 80.4 Å². The highest BCUT2D eigenvalue weighted by atomic mass is 79.9. The molecule has 65 heavy (non-hydrogen) atoms. The molecule has 346 valence electrons. The van der Waals surface area contributed by atoms with Gasteiger partial charge in [0.15, 0.2) is 12.2 Å². The van der Waals surface area contributed by atoms with Gasteiger partial charge in [0.05, 0.1) is 27.2 Å². The molecular formula is C47H52BrF2N5O8S2. The molecule has 0 aliphatic heterocycles. The number of Topliss-reactive ketones (excluding diaryl/α,β-unsaturated/α-hetero) is 1. The van der Waals surface area contributed by atoms with E-state index in [9.17, 15) is 40.0 Å². The van der Waals surface area contributed by atoms with Gasteiger partial charge in [-0.1, -0.05) is 64.5 Å². The van der Waals surface area contributed by atoms with Crippen LogP contribution >= 0.6 is 15.9 Å². The van der Waals surface area contributed by atoms with E-state index in [2.05, 4.69) is 41.0 Å². The maximum atomic E-state index is 13.1. The number of carbonyl (C=O) groups excluding carboxylic acids is 3. The van der Waals surface area contributed by atoms with Gasteiger partial charge in [0.25, 0.3) is 0 Å². The Morgan fingerprint density at radius 3 is 1.40 bits per heavy atom. The van der Waals surface area contributed by atoms with E-state index in [1.54, 1.807) is 48.5 Å². The average Bonchev–Trinajstić information content (AvgIpc) is 3.85. The Bertz CT molecular complexity index is 2590. The van der Waals surface area contributed by atoms with Gasteiger partial charge >= 0.3 is 0 Å². The molecule has 4 aromatic carbocycles. The van der Waals surface area contributed by atoms with Crippen molar-refractivity contribution >= 4 is 53.6 Å². The number of carbonyl (C=O) groups is 3. The third-order valence-electron chi connectivity index (χ3n) is 11.8. The summed E-state index contributed by atoms with van der Waals surface area (Å²) in [6.45, 7) is 3.71. The summed E-state index contributed by atoms with van der Waals surface area (Å²) < 4.78 is 87.6. The van der Waals surface area contributed by atoms with Crippen molar-refractivity contribution in [3.63, 3.8) is 0 Å². The normalized spacial score (nSPS) is 19.8. The Balaban J connectivity index is 0.000000216. The third kappa shape index (κ3) is 13.7. The topological polar surface area (TPSA) is 194 Å². The van der Waals surface area contributed by atoms with E-state index in [4.69, 9.17) is 4.42 Å². The summed E-state index contributed by atoms with van der Waals surface area (Å²) in [5.74, 6) is -1.25. The van der Waals surface area contributed by atoms with Gasteiger partial charge in [-0.3, -0.25) is 14.4 Å². The molecule has 18 heteroatoms. The second kappa shape index (κ2) is 22.4. The van der Waals surface area contributed by atoms with Gasteiger partial charge in [0.1, 0.15) is 23.6 Å². The number of sulfonamides is 2. The van der Waals surface area contributed by atoms with Crippen molar-refractivity contribution in [1.29, 1.82) is 0 Å². The maximum absolute atomic E-state index is 13.1. The van der Waals surface area contributed by atoms with Crippen molar-refractivity contribution in [2.45, 2.75) is 99.2 Å². The molecule has 13 nitrogen and oxygen atoms in total. The molecule has 2 atom stereocenters. The molecule has 4 N–H and O–H groups in total. The lowest BCUT2D eigenvalue weighted by Crippen LogP contribution is -2.41. The van der Waals surface area contributed by atoms with E-state index in [0.29, 0.717) is 62.6 Å². The lowest BCUT2D eigenvalue weighted by Gasteiger charge is -2.29. The fourth-order valence-corrected chi connectivity index (χ4v) is 10.8. The van der Waals surface area contributed by atoms with Gasteiger partial charge in [0, 0.05) is 35.0 Å². The summed E-state index contributed by atoms with van der Waals surface area (Å²) >= 11 is 3.10. The van der Waals surface area contributed by atoms with Crippen molar-refractivity contribution in [3.8, 4) is 11.3 Å². The molecule has 2 aliphatic carbocycles. The highest BCUT2D eigenvalue weighted by Gasteiger charge is 2.31. The summed E-state index contributed by atoms with van der Waals surface area (Å²) in [6.07, 6.45) is 7.45. The van der Waals surface area contributed by atoms with E-state index >= 15 is 0 Å². The lowest BCUT2D eigenvalue weighted by molar-refractivity contribution is -0.127. The van der Waals surface area contributed by atoms with Crippen molar-refractivity contribution < 1.29 is 44.4 Å². The van der Waals surface area contributed by atoms with Crippen LogP contribution in [0.15, 0.2) is 124 Å². The molecule has 0 radical (unpaired) electrons. The fourth-order valence-electron chi connectivity index (χ4n) is 7.91. The van der Waals surface area contributed by atoms with Crippen LogP contribution in [0.4, 0.5) is 8.78 Å². The minimum Gasteiger partial charge on any atom is -0.451 e. The standard InChI is InChI=1S/C24H26FN3O4S.C23H26BrFN2O4S/c1-16(17-2-8-20(25)9-3-17)27-24(29)19-4-10-21(11-5-19)28-33(30,31)22-12-6-18(7-13-22)23-14-32-15-26-23;1-15(16-2-8-19(25)9-3-16)26-23(29)18-4-10-20(11-5-18)27-32(30,31)21-12-6-17(7-13-21)22(28)14-24/h2-3,6-9,12-16,19,21,28H,4-5,10-11H2,1H3,(H,27,29);2-3,6-9,12-13,15,18,20,27H,4-5,10-11,14H2,1H3,(H,26,29)/t16-,19?,21?;15-,18?,20?/m11/s1. The Morgan fingerprint density at radius 1 is 0.631 bits per heavy atom. The number of benzene rings is 4. The Hall–Kier alpha value is -5.14. The highest BCUT2D eigenvalue weighted by molar-refractivity contribution is 9.09. The van der Waals surface area contributed by atoms with Gasteiger partial charge in [-0.15, -0.1) is 0 Å². The summed E-state index contributed by atoms with van der Waals surface area (Å²) in [5.41, 5.74) is 3.51. The Kier molecular flexibility index (Phi) is 17.0. The number of amides is 2. The number of nitrogens with one attached hydrogen (secondary N) is 4. The number of hydrogen-bond acceptors (Lipinski definition) is 9. The molecule has 1 aromatic heterocycles. The third-order valence-corrected chi connectivity index (χ3v) is 15.4. The van der Waals surface area contributed by atoms with Crippen LogP contribution in [0.25, 0.3) is 11.3 Å². The number of halogens is 3. The van der Waals surface area contributed by atoms with Crippen LogP contribution in [0.3, 0.4) is 0 Å². The van der Waals surface area contributed by atoms with Crippen molar-refractivity contribution in [2.24, 2.45) is 11.8 Å². The minimum atomic E-state index is -3.71. The van der Waals surface area contributed by atoms with Crippen LogP contribution in [0, 0.1) is 23.5 Å². The molecule has 2 aliphatic rings. The number of ketones is 1. The Labute approximate surface area is 386 Å². The van der Waals surface area contributed by atoms with Crippen LogP contribution in [0.1, 0.15) is 98.8 Å². The number of hydrogen-bond donors (Lipinski definition) is 4. The first-order chi connectivity index (χ1) is 31.0. The quantitative estimate of drug-likeness (QED) is 0.0590. The lowest BCUT2D eigenvalue weighted by atomic mass is 9.85. The molecule has 0 unspecified atom stereocenters. The maximum Gasteiger partial charge on any atom is 0.240 e. The molecule has 2 fully saturated rings. The molecule has 2 amide bonds. The number of nitrogens with zero attached hydrogens (tertiary/aromatic N) is 1. The predicted molar refractivity (Wildman–Crippen MR) is 245 cm³/mol. The SMILES string of the molecule is C[C@@H](NC(=O)C1CCC(NS(=O)(=O)c2ccc(-c3cocn3)cc2)CC1)c1ccc(F)cc1.C[C@@H](NC(=O)C1CCC(NS(=O)(=O)c2ccc(C(=O)CBr)cc2)CC1)c1ccc(F)cc1. The van der Waals surface area contributed by atoms with Crippen molar-refractivity contribution in [3.05, 3.63) is 138 Å². The zero-order valence-corrected chi connectivity index (χ0v) is 39.1. The zero-order chi connectivity index (χ0) is 46.7. The molecular weight excluding hydrogens is 945 g/mol. The van der Waals surface area contributed by atoms with Crippen LogP contribution in [0.5, 0.6) is 0 Å². The summed E-state index contributed by atoms with van der Waals surface area (Å²) in [4.78, 5) is 41.3. The smallest absolute Gasteiger partial charge is 0.240 e. The van der Waals surface area contributed by atoms with Crippen molar-refractivity contribution in [2.75, 3.05) is 5.33 Å². The second-order valence-corrected chi connectivity index (χ2v) is 20.4. The molecule has 1 heterocycles. The largest absolute Gasteiger partial charge is 0.451 e. The first-order valence-electron chi connectivity index (χ1n) is 21.4. The molecule has 0 saturated heterocycles. The number of alkyl halides is 1. The highest BCUT2D eigenvalue weighted by Crippen LogP contribution is 2.29. The summed E-state index contributed by atoms with van der Waals surface area (Å²) in [5, 5.41) is 6.12. The fraction of sp³-hybridized carbons (Fsp3) is 0.362. The molecule has 0 spiro atoms. The monoisotopic (exact) mass is 995 g/mol. The summed E-state index contributed by atoms with van der Waals surface area (Å²) in [6, 6.07) is 23.5. The van der Waals surface area contributed by atoms with Gasteiger partial charge < -0.3 is 15.1 Å². The first kappa shape index (κ1) is 49.3. The predicted octanol–water partition coefficient (Wildman–Crippen LogP) is 8.31. The molecule has 0 bridgehead atoms. The summed E-state index contributed by atoms with van der Waals surface area (Å²) in [7, 11) is -7.38. The van der Waals surface area contributed by atoms with Crippen LogP contribution in [-0.4, -0.2) is 56.8 Å². The molecule has 2 saturated carbocycles. The van der Waals surface area contributed by atoms with Gasteiger partial charge in [0.2, 0.25) is 31.9 Å². The van der Waals surface area contributed by atoms with E-state index < -0.39 is 20.0 Å². The first-order valence-corrected chi connectivity index (χ1v) is 25.4.